The number of piperazine rings is 4. The molecule has 0 aliphatic carbocycles. The zero-order valence-corrected chi connectivity index (χ0v) is 30.3. The number of nitrogens with two attached hydrogens (primary N) is 1. The lowest BCUT2D eigenvalue weighted by atomic mass is 10.00. The molecule has 4 saturated heterocycles. The van der Waals surface area contributed by atoms with Crippen LogP contribution in [-0.2, 0) is 0 Å². The third kappa shape index (κ3) is 14.4. The van der Waals surface area contributed by atoms with E-state index in [9.17, 15) is 0 Å². The second kappa shape index (κ2) is 21.4. The van der Waals surface area contributed by atoms with Crippen LogP contribution in [-0.4, -0.2) is 217 Å². The minimum absolute atomic E-state index is 0.284. The quantitative estimate of drug-likeness (QED) is 0.144. The van der Waals surface area contributed by atoms with Gasteiger partial charge in [0.2, 0.25) is 0 Å². The molecule has 11 heteroatoms. The molecular formula is C35H73N11. The average Bonchev–Trinajstić information content (AvgIpc) is 3.29. The second-order valence-electron chi connectivity index (χ2n) is 14.9. The van der Waals surface area contributed by atoms with Crippen LogP contribution in [0.15, 0.2) is 11.6 Å². The highest BCUT2D eigenvalue weighted by Gasteiger charge is 2.31. The van der Waals surface area contributed by atoms with Gasteiger partial charge in [-0.15, -0.1) is 0 Å². The van der Waals surface area contributed by atoms with E-state index in [1.54, 1.807) is 5.57 Å². The van der Waals surface area contributed by atoms with E-state index in [1.807, 2.05) is 0 Å². The van der Waals surface area contributed by atoms with E-state index in [0.717, 1.165) is 52.4 Å². The maximum absolute atomic E-state index is 5.64. The van der Waals surface area contributed by atoms with Crippen molar-refractivity contribution in [1.82, 2.24) is 50.2 Å². The number of nitrogens with zero attached hydrogens (tertiary/aromatic N) is 7. The van der Waals surface area contributed by atoms with Crippen molar-refractivity contribution in [1.29, 1.82) is 0 Å². The summed E-state index contributed by atoms with van der Waals surface area (Å²) in [5, 5.41) is 10.5. The fraction of sp³-hybridized carbons (Fsp3) is 0.943. The van der Waals surface area contributed by atoms with Crippen molar-refractivity contribution in [2.75, 3.05) is 177 Å². The number of rotatable bonds is 14. The number of hydrogen-bond acceptors (Lipinski definition) is 11. The Morgan fingerprint density at radius 1 is 0.609 bits per heavy atom. The zero-order chi connectivity index (χ0) is 32.5. The average molecular weight is 648 g/mol. The SMILES string of the molecule is CC(C)(CN1CCNCC1)N1CCN(CCN)CC1.CC1=CCCN(CCNCCN2CCN(CCN3CCNCC3)CC2)CC1. The van der Waals surface area contributed by atoms with Crippen molar-refractivity contribution in [2.45, 2.75) is 39.2 Å². The molecule has 0 amide bonds. The van der Waals surface area contributed by atoms with Crippen LogP contribution in [0.1, 0.15) is 33.6 Å². The van der Waals surface area contributed by atoms with Crippen molar-refractivity contribution in [2.24, 2.45) is 5.73 Å². The Morgan fingerprint density at radius 3 is 1.67 bits per heavy atom. The van der Waals surface area contributed by atoms with Crippen molar-refractivity contribution in [3.63, 3.8) is 0 Å². The normalized spacial score (nSPS) is 24.7. The van der Waals surface area contributed by atoms with Gasteiger partial charge in [-0.1, -0.05) is 11.6 Å². The van der Waals surface area contributed by atoms with E-state index in [4.69, 9.17) is 5.73 Å². The van der Waals surface area contributed by atoms with Crippen LogP contribution in [0.4, 0.5) is 0 Å². The Kier molecular flexibility index (Phi) is 17.7. The highest BCUT2D eigenvalue weighted by molar-refractivity contribution is 5.00. The summed E-state index contributed by atoms with van der Waals surface area (Å²) in [6, 6.07) is 0. The van der Waals surface area contributed by atoms with Gasteiger partial charge in [0.15, 0.2) is 0 Å². The molecule has 0 radical (unpaired) electrons. The summed E-state index contributed by atoms with van der Waals surface area (Å²) in [6.07, 6.45) is 4.89. The van der Waals surface area contributed by atoms with Crippen LogP contribution in [0.3, 0.4) is 0 Å². The summed E-state index contributed by atoms with van der Waals surface area (Å²) < 4.78 is 0. The summed E-state index contributed by atoms with van der Waals surface area (Å²) in [6.45, 7) is 38.8. The van der Waals surface area contributed by atoms with E-state index in [0.29, 0.717) is 0 Å². The first-order valence-electron chi connectivity index (χ1n) is 19.0. The molecule has 0 spiro atoms. The Labute approximate surface area is 283 Å². The molecule has 5 rings (SSSR count). The highest BCUT2D eigenvalue weighted by Crippen LogP contribution is 2.19. The van der Waals surface area contributed by atoms with Crippen LogP contribution < -0.4 is 21.7 Å². The first-order valence-corrected chi connectivity index (χ1v) is 19.0. The third-order valence-electron chi connectivity index (χ3n) is 10.9. The molecule has 0 aromatic rings. The minimum Gasteiger partial charge on any atom is -0.329 e. The first kappa shape index (κ1) is 38.1. The van der Waals surface area contributed by atoms with E-state index >= 15 is 0 Å². The molecule has 0 unspecified atom stereocenters. The molecule has 0 atom stereocenters. The zero-order valence-electron chi connectivity index (χ0n) is 30.3. The molecule has 5 aliphatic heterocycles. The van der Waals surface area contributed by atoms with Gasteiger partial charge < -0.3 is 26.6 Å². The second-order valence-corrected chi connectivity index (χ2v) is 14.9. The van der Waals surface area contributed by atoms with Gasteiger partial charge in [0, 0.05) is 182 Å². The van der Waals surface area contributed by atoms with E-state index in [-0.39, 0.29) is 5.54 Å². The van der Waals surface area contributed by atoms with Crippen molar-refractivity contribution in [3.05, 3.63) is 11.6 Å². The molecular weight excluding hydrogens is 574 g/mol. The molecule has 0 bridgehead atoms. The summed E-state index contributed by atoms with van der Waals surface area (Å²) in [4.78, 5) is 18.2. The molecule has 46 heavy (non-hydrogen) atoms. The first-order chi connectivity index (χ1) is 22.4. The molecule has 11 nitrogen and oxygen atoms in total. The molecule has 268 valence electrons. The van der Waals surface area contributed by atoms with Gasteiger partial charge >= 0.3 is 0 Å². The monoisotopic (exact) mass is 648 g/mol. The predicted octanol–water partition coefficient (Wildman–Crippen LogP) is -0.613. The fourth-order valence-electron chi connectivity index (χ4n) is 7.59. The predicted molar refractivity (Wildman–Crippen MR) is 195 cm³/mol. The van der Waals surface area contributed by atoms with Crippen molar-refractivity contribution < 1.29 is 0 Å². The van der Waals surface area contributed by atoms with Gasteiger partial charge in [0.05, 0.1) is 0 Å². The van der Waals surface area contributed by atoms with Crippen LogP contribution in [0.25, 0.3) is 0 Å². The minimum atomic E-state index is 0.284. The fourth-order valence-corrected chi connectivity index (χ4v) is 7.59. The maximum Gasteiger partial charge on any atom is 0.0281 e. The molecule has 5 aliphatic rings. The molecule has 0 aromatic carbocycles. The Balaban J connectivity index is 0.000000222. The van der Waals surface area contributed by atoms with Gasteiger partial charge in [-0.25, -0.2) is 0 Å². The molecule has 0 saturated carbocycles. The van der Waals surface area contributed by atoms with E-state index in [1.165, 1.54) is 137 Å². The standard InChI is InChI=1S/C21H42N6.C14H31N5/c1-21-3-2-9-24(10-4-21)11-5-22-8-14-26-16-19-27(20-17-26)18-15-25-12-6-23-7-13-25;1-14(2,13-18-7-4-16-5-8-18)19-11-9-17(6-3-15)10-12-19/h3,22-23H,2,4-20H2,1H3;16H,3-13,15H2,1-2H3. The van der Waals surface area contributed by atoms with Crippen LogP contribution in [0.2, 0.25) is 0 Å². The lowest BCUT2D eigenvalue weighted by molar-refractivity contribution is 0.0270. The lowest BCUT2D eigenvalue weighted by Gasteiger charge is -2.46. The van der Waals surface area contributed by atoms with Crippen molar-refractivity contribution in [3.8, 4) is 0 Å². The Morgan fingerprint density at radius 2 is 1.09 bits per heavy atom. The van der Waals surface area contributed by atoms with Gasteiger partial charge in [-0.2, -0.15) is 0 Å². The lowest BCUT2D eigenvalue weighted by Crippen LogP contribution is -2.60. The van der Waals surface area contributed by atoms with E-state index in [2.05, 4.69) is 77.1 Å². The largest absolute Gasteiger partial charge is 0.329 e. The summed E-state index contributed by atoms with van der Waals surface area (Å²) in [5.41, 5.74) is 7.49. The Hall–Kier alpha value is -0.700. The summed E-state index contributed by atoms with van der Waals surface area (Å²) >= 11 is 0. The van der Waals surface area contributed by atoms with Crippen LogP contribution >= 0.6 is 0 Å². The molecule has 5 heterocycles. The molecule has 4 fully saturated rings. The van der Waals surface area contributed by atoms with Gasteiger partial charge in [-0.05, 0) is 33.6 Å². The topological polar surface area (TPSA) is 84.8 Å². The smallest absolute Gasteiger partial charge is 0.0281 e. The van der Waals surface area contributed by atoms with Gasteiger partial charge in [0.25, 0.3) is 0 Å². The van der Waals surface area contributed by atoms with Gasteiger partial charge in [-0.3, -0.25) is 29.4 Å². The maximum atomic E-state index is 5.64. The molecule has 5 N–H and O–H groups in total. The van der Waals surface area contributed by atoms with Crippen molar-refractivity contribution >= 4 is 0 Å². The number of hydrogen-bond donors (Lipinski definition) is 4. The number of nitrogens with one attached hydrogen (secondary N) is 3. The van der Waals surface area contributed by atoms with E-state index < -0.39 is 0 Å². The summed E-state index contributed by atoms with van der Waals surface area (Å²) in [5.74, 6) is 0. The van der Waals surface area contributed by atoms with Crippen LogP contribution in [0, 0.1) is 0 Å². The summed E-state index contributed by atoms with van der Waals surface area (Å²) in [7, 11) is 0. The third-order valence-corrected chi connectivity index (χ3v) is 10.9. The van der Waals surface area contributed by atoms with Gasteiger partial charge in [0.1, 0.15) is 0 Å². The Bertz CT molecular complexity index is 811. The van der Waals surface area contributed by atoms with Crippen LogP contribution in [0.5, 0.6) is 0 Å². The molecule has 0 aromatic heterocycles. The highest BCUT2D eigenvalue weighted by atomic mass is 15.3.